The van der Waals surface area contributed by atoms with Gasteiger partial charge in [0, 0.05) is 10.9 Å². The van der Waals surface area contributed by atoms with Crippen molar-refractivity contribution in [1.82, 2.24) is 0 Å². The average Bonchev–Trinajstić information content (AvgIpc) is 3.03. The minimum atomic E-state index is 0.153. The van der Waals surface area contributed by atoms with Crippen LogP contribution in [-0.4, -0.2) is 0 Å². The fourth-order valence-corrected chi connectivity index (χ4v) is 4.66. The van der Waals surface area contributed by atoms with Crippen molar-refractivity contribution in [2.75, 3.05) is 0 Å². The number of hydrogen-bond acceptors (Lipinski definition) is 0. The molecule has 0 saturated heterocycles. The first-order valence-corrected chi connectivity index (χ1v) is 10.3. The van der Waals surface area contributed by atoms with E-state index in [9.17, 15) is 0 Å². The Hall–Kier alpha value is -2.83. The number of allylic oxidation sites excluding steroid dienone is 4. The Kier molecular flexibility index (Phi) is 5.30. The highest BCUT2D eigenvalue weighted by Crippen LogP contribution is 2.52. The van der Waals surface area contributed by atoms with Gasteiger partial charge < -0.3 is 0 Å². The maximum absolute atomic E-state index is 6.21. The molecule has 3 aromatic rings. The van der Waals surface area contributed by atoms with E-state index in [-0.39, 0.29) is 5.92 Å². The van der Waals surface area contributed by atoms with Gasteiger partial charge in [0.2, 0.25) is 0 Å². The molecule has 4 rings (SSSR count). The van der Waals surface area contributed by atoms with Gasteiger partial charge in [0.25, 0.3) is 0 Å². The Morgan fingerprint density at radius 3 is 2.03 bits per heavy atom. The molecule has 0 aromatic heterocycles. The van der Waals surface area contributed by atoms with Crippen LogP contribution in [0.3, 0.4) is 0 Å². The molecule has 0 heterocycles. The van der Waals surface area contributed by atoms with Crippen molar-refractivity contribution in [2.24, 2.45) is 0 Å². The Morgan fingerprint density at radius 2 is 1.41 bits per heavy atom. The highest BCUT2D eigenvalue weighted by Gasteiger charge is 2.35. The molecule has 1 atom stereocenters. The van der Waals surface area contributed by atoms with Crippen molar-refractivity contribution in [1.29, 1.82) is 0 Å². The third-order valence-electron chi connectivity index (χ3n) is 5.56. The van der Waals surface area contributed by atoms with E-state index in [1.54, 1.807) is 0 Å². The molecule has 0 nitrogen and oxygen atoms in total. The van der Waals surface area contributed by atoms with Gasteiger partial charge in [-0.2, -0.15) is 0 Å². The van der Waals surface area contributed by atoms with Gasteiger partial charge in [-0.15, -0.1) is 0 Å². The molecule has 0 saturated carbocycles. The van der Waals surface area contributed by atoms with Gasteiger partial charge in [0.05, 0.1) is 0 Å². The van der Waals surface area contributed by atoms with Crippen molar-refractivity contribution in [3.63, 3.8) is 0 Å². The van der Waals surface area contributed by atoms with E-state index in [1.165, 1.54) is 44.5 Å². The number of rotatable bonds is 4. The first-order chi connectivity index (χ1) is 14.0. The Balaban J connectivity index is 2.11. The van der Waals surface area contributed by atoms with Crippen LogP contribution >= 0.6 is 11.6 Å². The first-order valence-electron chi connectivity index (χ1n) is 9.97. The summed E-state index contributed by atoms with van der Waals surface area (Å²) in [5.74, 6) is 0.153. The largest absolute Gasteiger partial charge is 0.0955 e. The summed E-state index contributed by atoms with van der Waals surface area (Å²) in [5.41, 5.74) is 11.4. The second-order valence-corrected chi connectivity index (χ2v) is 8.32. The second kappa shape index (κ2) is 7.89. The Labute approximate surface area is 178 Å². The average molecular weight is 397 g/mol. The third kappa shape index (κ3) is 3.50. The third-order valence-corrected chi connectivity index (χ3v) is 5.81. The Morgan fingerprint density at radius 1 is 0.793 bits per heavy atom. The van der Waals surface area contributed by atoms with E-state index in [0.29, 0.717) is 0 Å². The van der Waals surface area contributed by atoms with Crippen LogP contribution in [0.4, 0.5) is 0 Å². The fraction of sp³-hybridized carbons (Fsp3) is 0.143. The highest BCUT2D eigenvalue weighted by molar-refractivity contribution is 6.30. The lowest BCUT2D eigenvalue weighted by Crippen LogP contribution is -2.06. The van der Waals surface area contributed by atoms with Crippen molar-refractivity contribution in [2.45, 2.75) is 26.7 Å². The molecule has 0 radical (unpaired) electrons. The summed E-state index contributed by atoms with van der Waals surface area (Å²) in [6.07, 6.45) is 0. The predicted molar refractivity (Wildman–Crippen MR) is 125 cm³/mol. The zero-order valence-electron chi connectivity index (χ0n) is 17.2. The zero-order valence-corrected chi connectivity index (χ0v) is 17.9. The molecular formula is C28H25Cl. The van der Waals surface area contributed by atoms with Crippen LogP contribution in [0.1, 0.15) is 48.9 Å². The quantitative estimate of drug-likeness (QED) is 0.390. The molecule has 144 valence electrons. The van der Waals surface area contributed by atoms with E-state index < -0.39 is 0 Å². The standard InChI is InChI=1S/C28H25Cl/c1-18(2)25(19(3)4)28-26(20-10-6-5-7-11-20)23-12-8-9-13-24(23)27(28)21-14-16-22(29)17-15-21/h5-17,27H,1H2,2-4H3. The molecule has 1 aliphatic carbocycles. The predicted octanol–water partition coefficient (Wildman–Crippen LogP) is 8.20. The van der Waals surface area contributed by atoms with Gasteiger partial charge in [0.15, 0.2) is 0 Å². The minimum Gasteiger partial charge on any atom is -0.0955 e. The van der Waals surface area contributed by atoms with E-state index in [1.807, 2.05) is 12.1 Å². The number of halogens is 1. The normalized spacial score (nSPS) is 15.2. The van der Waals surface area contributed by atoms with Crippen molar-refractivity contribution < 1.29 is 0 Å². The maximum atomic E-state index is 6.21. The van der Waals surface area contributed by atoms with Crippen LogP contribution in [0.15, 0.2) is 108 Å². The van der Waals surface area contributed by atoms with Crippen molar-refractivity contribution in [3.05, 3.63) is 135 Å². The summed E-state index contributed by atoms with van der Waals surface area (Å²) in [4.78, 5) is 0. The molecule has 1 unspecified atom stereocenters. The van der Waals surface area contributed by atoms with E-state index in [0.717, 1.165) is 10.6 Å². The number of fused-ring (bicyclic) bond motifs is 1. The smallest absolute Gasteiger partial charge is 0.0406 e. The highest BCUT2D eigenvalue weighted by atomic mass is 35.5. The second-order valence-electron chi connectivity index (χ2n) is 7.88. The summed E-state index contributed by atoms with van der Waals surface area (Å²) < 4.78 is 0. The fourth-order valence-electron chi connectivity index (χ4n) is 4.53. The molecule has 0 N–H and O–H groups in total. The van der Waals surface area contributed by atoms with Crippen LogP contribution in [0.5, 0.6) is 0 Å². The summed E-state index contributed by atoms with van der Waals surface area (Å²) in [7, 11) is 0. The van der Waals surface area contributed by atoms with Crippen LogP contribution in [-0.2, 0) is 0 Å². The van der Waals surface area contributed by atoms with E-state index in [2.05, 4.69) is 94.1 Å². The van der Waals surface area contributed by atoms with Gasteiger partial charge in [-0.05, 0) is 71.9 Å². The number of benzene rings is 3. The lowest BCUT2D eigenvalue weighted by Gasteiger charge is -2.23. The Bertz CT molecular complexity index is 1120. The summed E-state index contributed by atoms with van der Waals surface area (Å²) in [6, 6.07) is 27.8. The monoisotopic (exact) mass is 396 g/mol. The molecule has 29 heavy (non-hydrogen) atoms. The van der Waals surface area contributed by atoms with Crippen LogP contribution < -0.4 is 0 Å². The minimum absolute atomic E-state index is 0.153. The maximum Gasteiger partial charge on any atom is 0.0406 e. The van der Waals surface area contributed by atoms with E-state index >= 15 is 0 Å². The SMILES string of the molecule is C=C(C)C(=C(C)C)C1=C(c2ccccc2)c2ccccc2C1c1ccc(Cl)cc1. The van der Waals surface area contributed by atoms with Gasteiger partial charge in [-0.1, -0.05) is 96.1 Å². The van der Waals surface area contributed by atoms with Crippen LogP contribution in [0.25, 0.3) is 5.57 Å². The number of hydrogen-bond donors (Lipinski definition) is 0. The summed E-state index contributed by atoms with van der Waals surface area (Å²) in [6.45, 7) is 10.8. The molecule has 0 aliphatic heterocycles. The van der Waals surface area contributed by atoms with E-state index in [4.69, 9.17) is 11.6 Å². The topological polar surface area (TPSA) is 0 Å². The molecule has 0 bridgehead atoms. The lowest BCUT2D eigenvalue weighted by molar-refractivity contribution is 0.976. The van der Waals surface area contributed by atoms with Gasteiger partial charge >= 0.3 is 0 Å². The molecule has 1 aliphatic rings. The zero-order chi connectivity index (χ0) is 20.5. The van der Waals surface area contributed by atoms with Gasteiger partial charge in [-0.25, -0.2) is 0 Å². The summed E-state index contributed by atoms with van der Waals surface area (Å²) >= 11 is 6.21. The van der Waals surface area contributed by atoms with Gasteiger partial charge in [0.1, 0.15) is 0 Å². The lowest BCUT2D eigenvalue weighted by atomic mass is 9.81. The first kappa shape index (κ1) is 19.5. The van der Waals surface area contributed by atoms with Crippen molar-refractivity contribution in [3.8, 4) is 0 Å². The summed E-state index contributed by atoms with van der Waals surface area (Å²) in [5, 5.41) is 0.760. The molecule has 3 aromatic carbocycles. The molecule has 1 heteroatoms. The molecular weight excluding hydrogens is 372 g/mol. The molecule has 0 fully saturated rings. The van der Waals surface area contributed by atoms with Crippen LogP contribution in [0, 0.1) is 0 Å². The van der Waals surface area contributed by atoms with Crippen LogP contribution in [0.2, 0.25) is 5.02 Å². The molecule has 0 spiro atoms. The molecule has 0 amide bonds. The van der Waals surface area contributed by atoms with Gasteiger partial charge in [-0.3, -0.25) is 0 Å². The van der Waals surface area contributed by atoms with Crippen molar-refractivity contribution >= 4 is 17.2 Å².